The van der Waals surface area contributed by atoms with Gasteiger partial charge in [-0.1, -0.05) is 36.4 Å². The predicted molar refractivity (Wildman–Crippen MR) is 67.9 cm³/mol. The molecule has 86 valence electrons. The maximum absolute atomic E-state index is 10.7. The molecule has 0 spiro atoms. The zero-order valence-corrected chi connectivity index (χ0v) is 9.05. The van der Waals surface area contributed by atoms with E-state index in [1.54, 1.807) is 18.2 Å². The zero-order chi connectivity index (χ0) is 12.3. The molecule has 0 aromatic heterocycles. The number of carboxylic acid groups (broad SMARTS) is 1. The Labute approximate surface area is 98.7 Å². The molecule has 0 fully saturated rings. The van der Waals surface area contributed by atoms with Gasteiger partial charge >= 0.3 is 6.09 Å². The van der Waals surface area contributed by atoms with E-state index in [9.17, 15) is 4.79 Å². The molecule has 4 nitrogen and oxygen atoms in total. The van der Waals surface area contributed by atoms with Crippen molar-refractivity contribution in [2.75, 3.05) is 11.1 Å². The second kappa shape index (κ2) is 4.57. The second-order valence-corrected chi connectivity index (χ2v) is 3.60. The average molecular weight is 228 g/mol. The Bertz CT molecular complexity index is 538. The maximum Gasteiger partial charge on any atom is 0.409 e. The van der Waals surface area contributed by atoms with E-state index in [0.717, 1.165) is 11.1 Å². The Balaban J connectivity index is 2.50. The summed E-state index contributed by atoms with van der Waals surface area (Å²) in [6.45, 7) is 0. The number of hydrogen-bond donors (Lipinski definition) is 3. The van der Waals surface area contributed by atoms with Gasteiger partial charge in [0.25, 0.3) is 0 Å². The summed E-state index contributed by atoms with van der Waals surface area (Å²) < 4.78 is 0. The molecule has 0 aliphatic carbocycles. The lowest BCUT2D eigenvalue weighted by molar-refractivity contribution is 0.210. The molecule has 0 unspecified atom stereocenters. The van der Waals surface area contributed by atoms with E-state index in [-0.39, 0.29) is 0 Å². The molecule has 0 aliphatic rings. The molecule has 2 aromatic rings. The highest BCUT2D eigenvalue weighted by Gasteiger charge is 2.07. The van der Waals surface area contributed by atoms with E-state index in [4.69, 9.17) is 10.8 Å². The molecule has 0 saturated carbocycles. The smallest absolute Gasteiger partial charge is 0.409 e. The van der Waals surface area contributed by atoms with E-state index >= 15 is 0 Å². The molecule has 4 heteroatoms. The van der Waals surface area contributed by atoms with Gasteiger partial charge in [0.2, 0.25) is 0 Å². The number of benzene rings is 2. The molecule has 0 aliphatic heterocycles. The van der Waals surface area contributed by atoms with Crippen molar-refractivity contribution < 1.29 is 9.90 Å². The molecule has 0 heterocycles. The first-order chi connectivity index (χ1) is 8.16. The second-order valence-electron chi connectivity index (χ2n) is 3.60. The molecule has 1 amide bonds. The lowest BCUT2D eigenvalue weighted by atomic mass is 10.0. The average Bonchev–Trinajstić information content (AvgIpc) is 2.29. The van der Waals surface area contributed by atoms with E-state index < -0.39 is 6.09 Å². The van der Waals surface area contributed by atoms with Crippen LogP contribution in [0.25, 0.3) is 11.1 Å². The minimum atomic E-state index is -1.10. The summed E-state index contributed by atoms with van der Waals surface area (Å²) in [5, 5.41) is 11.1. The minimum Gasteiger partial charge on any atom is -0.465 e. The van der Waals surface area contributed by atoms with E-state index in [0.29, 0.717) is 11.4 Å². The standard InChI is InChI=1S/C13H12N2O2/c14-10-6-7-11(9-4-2-1-3-5-9)12(8-10)15-13(16)17/h1-8,15H,14H2,(H,16,17). The first-order valence-electron chi connectivity index (χ1n) is 5.12. The third kappa shape index (κ3) is 2.55. The van der Waals surface area contributed by atoms with Gasteiger partial charge in [0, 0.05) is 11.3 Å². The summed E-state index contributed by atoms with van der Waals surface area (Å²) in [5.41, 5.74) is 8.41. The van der Waals surface area contributed by atoms with Crippen molar-refractivity contribution in [2.24, 2.45) is 0 Å². The predicted octanol–water partition coefficient (Wildman–Crippen LogP) is 3.03. The molecule has 0 atom stereocenters. The fourth-order valence-electron chi connectivity index (χ4n) is 1.65. The lowest BCUT2D eigenvalue weighted by Crippen LogP contribution is -2.08. The van der Waals surface area contributed by atoms with Crippen molar-refractivity contribution in [1.82, 2.24) is 0 Å². The Morgan fingerprint density at radius 1 is 1.12 bits per heavy atom. The fourth-order valence-corrected chi connectivity index (χ4v) is 1.65. The number of anilines is 2. The molecule has 2 aromatic carbocycles. The number of hydrogen-bond acceptors (Lipinski definition) is 2. The molecule has 17 heavy (non-hydrogen) atoms. The van der Waals surface area contributed by atoms with Gasteiger partial charge in [0.1, 0.15) is 0 Å². The van der Waals surface area contributed by atoms with Gasteiger partial charge < -0.3 is 10.8 Å². The van der Waals surface area contributed by atoms with Crippen molar-refractivity contribution in [3.8, 4) is 11.1 Å². The van der Waals surface area contributed by atoms with Crippen LogP contribution in [0.3, 0.4) is 0 Å². The van der Waals surface area contributed by atoms with Gasteiger partial charge in [-0.05, 0) is 17.7 Å². The Morgan fingerprint density at radius 3 is 2.47 bits per heavy atom. The van der Waals surface area contributed by atoms with Crippen LogP contribution < -0.4 is 11.1 Å². The monoisotopic (exact) mass is 228 g/mol. The molecular formula is C13H12N2O2. The number of nitrogens with two attached hydrogens (primary N) is 1. The number of rotatable bonds is 2. The van der Waals surface area contributed by atoms with Gasteiger partial charge in [0.05, 0.1) is 5.69 Å². The first kappa shape index (κ1) is 11.0. The number of carbonyl (C=O) groups is 1. The van der Waals surface area contributed by atoms with Crippen LogP contribution in [-0.2, 0) is 0 Å². The quantitative estimate of drug-likeness (QED) is 0.691. The number of amides is 1. The Kier molecular flexibility index (Phi) is 2.96. The highest BCUT2D eigenvalue weighted by atomic mass is 16.4. The zero-order valence-electron chi connectivity index (χ0n) is 9.05. The fraction of sp³-hybridized carbons (Fsp3) is 0. The third-order valence-corrected chi connectivity index (χ3v) is 2.37. The van der Waals surface area contributed by atoms with E-state index in [1.807, 2.05) is 30.3 Å². The normalized spacial score (nSPS) is 9.88. The van der Waals surface area contributed by atoms with Gasteiger partial charge in [-0.2, -0.15) is 0 Å². The first-order valence-corrected chi connectivity index (χ1v) is 5.12. The van der Waals surface area contributed by atoms with Crippen LogP contribution in [0.5, 0.6) is 0 Å². The van der Waals surface area contributed by atoms with E-state index in [1.165, 1.54) is 0 Å². The summed E-state index contributed by atoms with van der Waals surface area (Å²) in [7, 11) is 0. The lowest BCUT2D eigenvalue weighted by Gasteiger charge is -2.10. The van der Waals surface area contributed by atoms with Gasteiger partial charge in [0.15, 0.2) is 0 Å². The van der Waals surface area contributed by atoms with Crippen LogP contribution in [-0.4, -0.2) is 11.2 Å². The van der Waals surface area contributed by atoms with Crippen molar-refractivity contribution in [1.29, 1.82) is 0 Å². The minimum absolute atomic E-state index is 0.490. The van der Waals surface area contributed by atoms with Crippen LogP contribution in [0.2, 0.25) is 0 Å². The number of nitrogen functional groups attached to an aromatic ring is 1. The van der Waals surface area contributed by atoms with Crippen LogP contribution >= 0.6 is 0 Å². The van der Waals surface area contributed by atoms with E-state index in [2.05, 4.69) is 5.32 Å². The molecular weight excluding hydrogens is 216 g/mol. The van der Waals surface area contributed by atoms with Gasteiger partial charge in [-0.15, -0.1) is 0 Å². The van der Waals surface area contributed by atoms with Crippen LogP contribution in [0.15, 0.2) is 48.5 Å². The van der Waals surface area contributed by atoms with Crippen molar-refractivity contribution in [3.63, 3.8) is 0 Å². The van der Waals surface area contributed by atoms with Crippen molar-refractivity contribution in [2.45, 2.75) is 0 Å². The number of nitrogens with one attached hydrogen (secondary N) is 1. The summed E-state index contributed by atoms with van der Waals surface area (Å²) >= 11 is 0. The Morgan fingerprint density at radius 2 is 1.82 bits per heavy atom. The molecule has 0 radical (unpaired) electrons. The molecule has 2 rings (SSSR count). The third-order valence-electron chi connectivity index (χ3n) is 2.37. The topological polar surface area (TPSA) is 75.3 Å². The summed E-state index contributed by atoms with van der Waals surface area (Å²) in [4.78, 5) is 10.7. The van der Waals surface area contributed by atoms with Gasteiger partial charge in [-0.3, -0.25) is 5.32 Å². The van der Waals surface area contributed by atoms with Crippen LogP contribution in [0, 0.1) is 0 Å². The largest absolute Gasteiger partial charge is 0.465 e. The SMILES string of the molecule is Nc1ccc(-c2ccccc2)c(NC(=O)O)c1. The molecule has 0 bridgehead atoms. The van der Waals surface area contributed by atoms with Gasteiger partial charge in [-0.25, -0.2) is 4.79 Å². The summed E-state index contributed by atoms with van der Waals surface area (Å²) in [5.74, 6) is 0. The summed E-state index contributed by atoms with van der Waals surface area (Å²) in [6, 6.07) is 14.7. The van der Waals surface area contributed by atoms with Crippen LogP contribution in [0.4, 0.5) is 16.2 Å². The maximum atomic E-state index is 10.7. The summed E-state index contributed by atoms with van der Waals surface area (Å²) in [6.07, 6.45) is -1.10. The van der Waals surface area contributed by atoms with Crippen molar-refractivity contribution >= 4 is 17.5 Å². The highest BCUT2D eigenvalue weighted by molar-refractivity contribution is 5.91. The Hall–Kier alpha value is -2.49. The molecule has 0 saturated heterocycles. The van der Waals surface area contributed by atoms with Crippen molar-refractivity contribution in [3.05, 3.63) is 48.5 Å². The van der Waals surface area contributed by atoms with Crippen LogP contribution in [0.1, 0.15) is 0 Å². The molecule has 4 N–H and O–H groups in total. The highest BCUT2D eigenvalue weighted by Crippen LogP contribution is 2.29.